The first-order chi connectivity index (χ1) is 12.7. The summed E-state index contributed by atoms with van der Waals surface area (Å²) in [7, 11) is 0. The van der Waals surface area contributed by atoms with Crippen molar-refractivity contribution in [3.05, 3.63) is 60.2 Å². The maximum atomic E-state index is 12.2. The Morgan fingerprint density at radius 3 is 2.42 bits per heavy atom. The Morgan fingerprint density at radius 2 is 1.65 bits per heavy atom. The monoisotopic (exact) mass is 368 g/mol. The molecule has 0 aliphatic heterocycles. The molecule has 0 saturated heterocycles. The maximum absolute atomic E-state index is 12.2. The molecule has 0 atom stereocenters. The van der Waals surface area contributed by atoms with Gasteiger partial charge in [-0.15, -0.1) is 11.8 Å². The molecule has 1 fully saturated rings. The van der Waals surface area contributed by atoms with Crippen LogP contribution in [0.1, 0.15) is 42.5 Å². The molecule has 2 aromatic carbocycles. The van der Waals surface area contributed by atoms with E-state index >= 15 is 0 Å². The van der Waals surface area contributed by atoms with Crippen molar-refractivity contribution in [2.24, 2.45) is 0 Å². The van der Waals surface area contributed by atoms with Crippen LogP contribution in [0.2, 0.25) is 0 Å². The van der Waals surface area contributed by atoms with E-state index in [9.17, 15) is 9.59 Å². The summed E-state index contributed by atoms with van der Waals surface area (Å²) in [6.45, 7) is 0.317. The standard InChI is InChI=1S/C21H24N2O2S/c24-20(14-15-22-21(25)16-8-2-1-3-9-16)23-18-12-6-7-13-19(18)26-17-10-4-5-11-17/h1-3,6-9,12-13,17H,4-5,10-11,14-15H2,(H,22,25)(H,23,24). The van der Waals surface area contributed by atoms with Gasteiger partial charge in [-0.2, -0.15) is 0 Å². The largest absolute Gasteiger partial charge is 0.352 e. The van der Waals surface area contributed by atoms with Gasteiger partial charge in [0, 0.05) is 28.7 Å². The van der Waals surface area contributed by atoms with Crippen LogP contribution in [0.3, 0.4) is 0 Å². The van der Waals surface area contributed by atoms with E-state index in [1.807, 2.05) is 48.2 Å². The Balaban J connectivity index is 1.48. The minimum Gasteiger partial charge on any atom is -0.352 e. The Hall–Kier alpha value is -2.27. The zero-order valence-corrected chi connectivity index (χ0v) is 15.6. The Bertz CT molecular complexity index is 743. The fourth-order valence-corrected chi connectivity index (χ4v) is 4.38. The lowest BCUT2D eigenvalue weighted by molar-refractivity contribution is -0.116. The lowest BCUT2D eigenvalue weighted by Gasteiger charge is -2.14. The number of rotatable bonds is 7. The number of benzene rings is 2. The van der Waals surface area contributed by atoms with Gasteiger partial charge >= 0.3 is 0 Å². The summed E-state index contributed by atoms with van der Waals surface area (Å²) in [4.78, 5) is 25.4. The molecule has 0 bridgehead atoms. The summed E-state index contributed by atoms with van der Waals surface area (Å²) in [5.41, 5.74) is 1.47. The van der Waals surface area contributed by atoms with Gasteiger partial charge in [0.15, 0.2) is 0 Å². The zero-order chi connectivity index (χ0) is 18.2. The second-order valence-electron chi connectivity index (χ2n) is 6.44. The minimum absolute atomic E-state index is 0.0853. The lowest BCUT2D eigenvalue weighted by Crippen LogP contribution is -2.27. The molecule has 4 nitrogen and oxygen atoms in total. The van der Waals surface area contributed by atoms with E-state index in [-0.39, 0.29) is 18.2 Å². The van der Waals surface area contributed by atoms with Crippen molar-refractivity contribution in [2.45, 2.75) is 42.2 Å². The summed E-state index contributed by atoms with van der Waals surface area (Å²) in [5, 5.41) is 6.42. The van der Waals surface area contributed by atoms with Gasteiger partial charge in [-0.05, 0) is 37.1 Å². The number of nitrogens with one attached hydrogen (secondary N) is 2. The van der Waals surface area contributed by atoms with E-state index in [0.29, 0.717) is 17.4 Å². The van der Waals surface area contributed by atoms with E-state index in [1.165, 1.54) is 25.7 Å². The molecule has 0 spiro atoms. The summed E-state index contributed by atoms with van der Waals surface area (Å²) in [6, 6.07) is 17.0. The van der Waals surface area contributed by atoms with Crippen molar-refractivity contribution in [3.8, 4) is 0 Å². The molecule has 0 heterocycles. The van der Waals surface area contributed by atoms with E-state index in [4.69, 9.17) is 0 Å². The first-order valence-electron chi connectivity index (χ1n) is 9.11. The predicted molar refractivity (Wildman–Crippen MR) is 107 cm³/mol. The molecular weight excluding hydrogens is 344 g/mol. The van der Waals surface area contributed by atoms with Crippen LogP contribution in [-0.4, -0.2) is 23.6 Å². The molecule has 136 valence electrons. The number of carbonyl (C=O) groups excluding carboxylic acids is 2. The van der Waals surface area contributed by atoms with E-state index < -0.39 is 0 Å². The molecule has 1 aliphatic rings. The number of hydrogen-bond donors (Lipinski definition) is 2. The number of hydrogen-bond acceptors (Lipinski definition) is 3. The van der Waals surface area contributed by atoms with Crippen LogP contribution in [0.4, 0.5) is 5.69 Å². The second kappa shape index (κ2) is 9.43. The SMILES string of the molecule is O=C(CCNC(=O)c1ccccc1)Nc1ccccc1SC1CCCC1. The van der Waals surface area contributed by atoms with Crippen LogP contribution in [0.15, 0.2) is 59.5 Å². The molecule has 1 aliphatic carbocycles. The maximum Gasteiger partial charge on any atom is 0.251 e. The molecular formula is C21H24N2O2S. The summed E-state index contributed by atoms with van der Waals surface area (Å²) < 4.78 is 0. The van der Waals surface area contributed by atoms with Crippen LogP contribution in [0.5, 0.6) is 0 Å². The normalized spacial score (nSPS) is 14.2. The molecule has 3 rings (SSSR count). The van der Waals surface area contributed by atoms with Gasteiger partial charge in [0.2, 0.25) is 5.91 Å². The number of anilines is 1. The topological polar surface area (TPSA) is 58.2 Å². The average Bonchev–Trinajstić information content (AvgIpc) is 3.17. The molecule has 0 aromatic heterocycles. The highest BCUT2D eigenvalue weighted by Crippen LogP contribution is 2.37. The highest BCUT2D eigenvalue weighted by atomic mass is 32.2. The fraction of sp³-hybridized carbons (Fsp3) is 0.333. The molecule has 1 saturated carbocycles. The highest BCUT2D eigenvalue weighted by Gasteiger charge is 2.18. The van der Waals surface area contributed by atoms with E-state index in [2.05, 4.69) is 16.7 Å². The molecule has 0 radical (unpaired) electrons. The van der Waals surface area contributed by atoms with Crippen LogP contribution < -0.4 is 10.6 Å². The quantitative estimate of drug-likeness (QED) is 0.757. The van der Waals surface area contributed by atoms with Crippen LogP contribution in [0.25, 0.3) is 0 Å². The number of thioether (sulfide) groups is 1. The van der Waals surface area contributed by atoms with Gasteiger partial charge in [-0.25, -0.2) is 0 Å². The Labute approximate surface area is 158 Å². The Kier molecular flexibility index (Phi) is 6.72. The third kappa shape index (κ3) is 5.36. The first-order valence-corrected chi connectivity index (χ1v) is 9.99. The Morgan fingerprint density at radius 1 is 0.962 bits per heavy atom. The van der Waals surface area contributed by atoms with Crippen LogP contribution in [-0.2, 0) is 4.79 Å². The molecule has 26 heavy (non-hydrogen) atoms. The highest BCUT2D eigenvalue weighted by molar-refractivity contribution is 8.00. The third-order valence-electron chi connectivity index (χ3n) is 4.43. The van der Waals surface area contributed by atoms with E-state index in [0.717, 1.165) is 10.6 Å². The molecule has 2 amide bonds. The molecule has 5 heteroatoms. The summed E-state index contributed by atoms with van der Waals surface area (Å²) in [5.74, 6) is -0.242. The van der Waals surface area contributed by atoms with Gasteiger partial charge in [0.05, 0.1) is 5.69 Å². The summed E-state index contributed by atoms with van der Waals surface area (Å²) in [6.07, 6.45) is 5.35. The molecule has 2 N–H and O–H groups in total. The van der Waals surface area contributed by atoms with Gasteiger partial charge in [0.1, 0.15) is 0 Å². The van der Waals surface area contributed by atoms with Gasteiger partial charge in [-0.3, -0.25) is 9.59 Å². The van der Waals surface area contributed by atoms with Crippen molar-refractivity contribution < 1.29 is 9.59 Å². The van der Waals surface area contributed by atoms with Gasteiger partial charge in [-0.1, -0.05) is 43.2 Å². The van der Waals surface area contributed by atoms with Crippen LogP contribution in [0, 0.1) is 0 Å². The van der Waals surface area contributed by atoms with Gasteiger partial charge in [0.25, 0.3) is 5.91 Å². The van der Waals surface area contributed by atoms with E-state index in [1.54, 1.807) is 12.1 Å². The third-order valence-corrected chi connectivity index (χ3v) is 5.85. The number of para-hydroxylation sites is 1. The van der Waals surface area contributed by atoms with Crippen molar-refractivity contribution in [2.75, 3.05) is 11.9 Å². The van der Waals surface area contributed by atoms with Crippen molar-refractivity contribution >= 4 is 29.3 Å². The number of amides is 2. The second-order valence-corrected chi connectivity index (χ2v) is 7.78. The summed E-state index contributed by atoms with van der Waals surface area (Å²) >= 11 is 1.86. The van der Waals surface area contributed by atoms with Crippen molar-refractivity contribution in [1.82, 2.24) is 5.32 Å². The van der Waals surface area contributed by atoms with Crippen molar-refractivity contribution in [1.29, 1.82) is 0 Å². The number of carbonyl (C=O) groups is 2. The average molecular weight is 369 g/mol. The molecule has 2 aromatic rings. The van der Waals surface area contributed by atoms with Crippen LogP contribution >= 0.6 is 11.8 Å². The first kappa shape index (κ1) is 18.5. The fourth-order valence-electron chi connectivity index (χ4n) is 3.05. The zero-order valence-electron chi connectivity index (χ0n) is 14.7. The van der Waals surface area contributed by atoms with Gasteiger partial charge < -0.3 is 10.6 Å². The molecule has 0 unspecified atom stereocenters. The van der Waals surface area contributed by atoms with Crippen molar-refractivity contribution in [3.63, 3.8) is 0 Å². The smallest absolute Gasteiger partial charge is 0.251 e. The predicted octanol–water partition coefficient (Wildman–Crippen LogP) is 4.48. The lowest BCUT2D eigenvalue weighted by atomic mass is 10.2. The minimum atomic E-state index is -0.157.